The summed E-state index contributed by atoms with van der Waals surface area (Å²) in [6.07, 6.45) is 10.9. The number of nitrogens with one attached hydrogen (secondary N) is 2. The van der Waals surface area contributed by atoms with Crippen LogP contribution in [-0.4, -0.2) is 49.6 Å². The van der Waals surface area contributed by atoms with Crippen molar-refractivity contribution < 1.29 is 0 Å². The van der Waals surface area contributed by atoms with Gasteiger partial charge in [-0.1, -0.05) is 19.8 Å². The zero-order valence-corrected chi connectivity index (χ0v) is 16.6. The van der Waals surface area contributed by atoms with Crippen molar-refractivity contribution in [1.82, 2.24) is 15.5 Å². The minimum Gasteiger partial charge on any atom is -0.356 e. The Kier molecular flexibility index (Phi) is 6.80. The van der Waals surface area contributed by atoms with Gasteiger partial charge in [-0.25, -0.2) is 0 Å². The molecule has 0 aromatic heterocycles. The van der Waals surface area contributed by atoms with Gasteiger partial charge in [0.1, 0.15) is 0 Å². The quantitative estimate of drug-likeness (QED) is 0.418. The third kappa shape index (κ3) is 4.98. The molecule has 2 saturated carbocycles. The van der Waals surface area contributed by atoms with E-state index in [1.165, 1.54) is 64.5 Å². The van der Waals surface area contributed by atoms with Gasteiger partial charge in [-0.05, 0) is 43.9 Å². The van der Waals surface area contributed by atoms with Crippen LogP contribution in [-0.2, 0) is 0 Å². The molecule has 1 saturated heterocycles. The topological polar surface area (TPSA) is 39.7 Å². The Morgan fingerprint density at radius 1 is 1.14 bits per heavy atom. The molecule has 0 amide bonds. The molecular weight excluding hydrogens is 387 g/mol. The first kappa shape index (κ1) is 18.3. The summed E-state index contributed by atoms with van der Waals surface area (Å²) < 4.78 is 0. The van der Waals surface area contributed by atoms with Gasteiger partial charge >= 0.3 is 0 Å². The van der Waals surface area contributed by atoms with Gasteiger partial charge in [0.2, 0.25) is 0 Å². The molecule has 3 rings (SSSR count). The summed E-state index contributed by atoms with van der Waals surface area (Å²) in [5.41, 5.74) is 0.479. The van der Waals surface area contributed by atoms with Crippen LogP contribution in [0.5, 0.6) is 0 Å². The minimum absolute atomic E-state index is 0. The predicted octanol–water partition coefficient (Wildman–Crippen LogP) is 2.98. The van der Waals surface area contributed by atoms with Gasteiger partial charge in [0.05, 0.1) is 0 Å². The average Bonchev–Trinajstić information content (AvgIpc) is 3.26. The van der Waals surface area contributed by atoms with Crippen molar-refractivity contribution in [3.8, 4) is 0 Å². The molecule has 0 spiro atoms. The van der Waals surface area contributed by atoms with Crippen LogP contribution in [0.1, 0.15) is 58.3 Å². The van der Waals surface area contributed by atoms with Crippen LogP contribution in [0.3, 0.4) is 0 Å². The van der Waals surface area contributed by atoms with Gasteiger partial charge < -0.3 is 15.5 Å². The Balaban J connectivity index is 0.00000176. The van der Waals surface area contributed by atoms with E-state index < -0.39 is 0 Å². The van der Waals surface area contributed by atoms with Crippen LogP contribution in [0, 0.1) is 5.41 Å². The van der Waals surface area contributed by atoms with E-state index in [1.807, 2.05) is 7.05 Å². The van der Waals surface area contributed by atoms with Crippen molar-refractivity contribution in [3.05, 3.63) is 0 Å². The number of halogens is 1. The SMILES string of the molecule is CN=C(NCC1(C)CCCC1)NC1CCN(C2CC2)CC1.I. The maximum absolute atomic E-state index is 4.42. The molecule has 128 valence electrons. The second-order valence-electron chi connectivity index (χ2n) is 7.63. The van der Waals surface area contributed by atoms with E-state index in [0.29, 0.717) is 11.5 Å². The lowest BCUT2D eigenvalue weighted by Crippen LogP contribution is -2.50. The molecule has 2 aliphatic carbocycles. The van der Waals surface area contributed by atoms with E-state index in [1.54, 1.807) is 0 Å². The number of piperidine rings is 1. The van der Waals surface area contributed by atoms with Crippen LogP contribution in [0.25, 0.3) is 0 Å². The molecule has 1 heterocycles. The molecule has 2 N–H and O–H groups in total. The van der Waals surface area contributed by atoms with Crippen LogP contribution in [0.4, 0.5) is 0 Å². The molecule has 0 aromatic rings. The van der Waals surface area contributed by atoms with Crippen molar-refractivity contribution in [2.45, 2.75) is 70.4 Å². The van der Waals surface area contributed by atoms with E-state index in [9.17, 15) is 0 Å². The molecule has 3 fully saturated rings. The fraction of sp³-hybridized carbons (Fsp3) is 0.941. The van der Waals surface area contributed by atoms with Crippen molar-refractivity contribution >= 4 is 29.9 Å². The zero-order valence-electron chi connectivity index (χ0n) is 14.2. The number of likely N-dealkylation sites (tertiary alicyclic amines) is 1. The fourth-order valence-corrected chi connectivity index (χ4v) is 3.94. The second kappa shape index (κ2) is 8.18. The Hall–Kier alpha value is -0.0400. The van der Waals surface area contributed by atoms with Crippen LogP contribution >= 0.6 is 24.0 Å². The molecule has 0 radical (unpaired) electrons. The van der Waals surface area contributed by atoms with E-state index in [0.717, 1.165) is 18.5 Å². The molecule has 3 aliphatic rings. The van der Waals surface area contributed by atoms with Gasteiger partial charge in [-0.2, -0.15) is 0 Å². The van der Waals surface area contributed by atoms with Crippen LogP contribution in [0.15, 0.2) is 4.99 Å². The maximum atomic E-state index is 4.42. The summed E-state index contributed by atoms with van der Waals surface area (Å²) in [7, 11) is 1.89. The van der Waals surface area contributed by atoms with Gasteiger partial charge in [0, 0.05) is 38.8 Å². The smallest absolute Gasteiger partial charge is 0.191 e. The van der Waals surface area contributed by atoms with Crippen molar-refractivity contribution in [1.29, 1.82) is 0 Å². The maximum Gasteiger partial charge on any atom is 0.191 e. The van der Waals surface area contributed by atoms with Crippen molar-refractivity contribution in [2.24, 2.45) is 10.4 Å². The average molecular weight is 420 g/mol. The monoisotopic (exact) mass is 420 g/mol. The number of hydrogen-bond acceptors (Lipinski definition) is 2. The third-order valence-electron chi connectivity index (χ3n) is 5.65. The molecule has 0 atom stereocenters. The standard InChI is InChI=1S/C17H32N4.HI/c1-17(9-3-4-10-17)13-19-16(18-2)20-14-7-11-21(12-8-14)15-5-6-15;/h14-15H,3-13H2,1-2H3,(H2,18,19,20);1H. The summed E-state index contributed by atoms with van der Waals surface area (Å²) in [6.45, 7) is 6.00. The minimum atomic E-state index is 0. The van der Waals surface area contributed by atoms with Gasteiger partial charge in [0.25, 0.3) is 0 Å². The number of guanidine groups is 1. The summed E-state index contributed by atoms with van der Waals surface area (Å²) >= 11 is 0. The molecule has 0 bridgehead atoms. The first-order chi connectivity index (χ1) is 10.2. The van der Waals surface area contributed by atoms with Gasteiger partial charge in [0.15, 0.2) is 5.96 Å². The first-order valence-electron chi connectivity index (χ1n) is 8.90. The lowest BCUT2D eigenvalue weighted by atomic mass is 9.89. The van der Waals surface area contributed by atoms with Crippen molar-refractivity contribution in [2.75, 3.05) is 26.7 Å². The van der Waals surface area contributed by atoms with Gasteiger partial charge in [-0.15, -0.1) is 24.0 Å². The molecule has 0 aromatic carbocycles. The largest absolute Gasteiger partial charge is 0.356 e. The number of hydrogen-bond donors (Lipinski definition) is 2. The highest BCUT2D eigenvalue weighted by atomic mass is 127. The lowest BCUT2D eigenvalue weighted by molar-refractivity contribution is 0.197. The summed E-state index contributed by atoms with van der Waals surface area (Å²) in [4.78, 5) is 7.10. The summed E-state index contributed by atoms with van der Waals surface area (Å²) in [5, 5.41) is 7.21. The molecule has 22 heavy (non-hydrogen) atoms. The Labute approximate surface area is 152 Å². The molecule has 0 unspecified atom stereocenters. The molecular formula is C17H33IN4. The second-order valence-corrected chi connectivity index (χ2v) is 7.63. The predicted molar refractivity (Wildman–Crippen MR) is 104 cm³/mol. The fourth-order valence-electron chi connectivity index (χ4n) is 3.94. The van der Waals surface area contributed by atoms with Crippen LogP contribution in [0.2, 0.25) is 0 Å². The highest BCUT2D eigenvalue weighted by molar-refractivity contribution is 14.0. The van der Waals surface area contributed by atoms with Gasteiger partial charge in [-0.3, -0.25) is 4.99 Å². The van der Waals surface area contributed by atoms with Crippen LogP contribution < -0.4 is 10.6 Å². The lowest BCUT2D eigenvalue weighted by Gasteiger charge is -2.33. The Morgan fingerprint density at radius 3 is 2.32 bits per heavy atom. The molecule has 5 heteroatoms. The molecule has 4 nitrogen and oxygen atoms in total. The zero-order chi connectivity index (χ0) is 14.7. The van der Waals surface area contributed by atoms with E-state index >= 15 is 0 Å². The Morgan fingerprint density at radius 2 is 1.77 bits per heavy atom. The number of aliphatic imine (C=N–C) groups is 1. The normalized spacial score (nSPS) is 26.5. The highest BCUT2D eigenvalue weighted by Gasteiger charge is 2.32. The first-order valence-corrected chi connectivity index (χ1v) is 8.90. The molecule has 1 aliphatic heterocycles. The van der Waals surface area contributed by atoms with E-state index in [2.05, 4.69) is 27.4 Å². The highest BCUT2D eigenvalue weighted by Crippen LogP contribution is 2.36. The number of nitrogens with zero attached hydrogens (tertiary/aromatic N) is 2. The van der Waals surface area contributed by atoms with E-state index in [4.69, 9.17) is 0 Å². The van der Waals surface area contributed by atoms with Crippen molar-refractivity contribution in [3.63, 3.8) is 0 Å². The summed E-state index contributed by atoms with van der Waals surface area (Å²) in [5.74, 6) is 1.01. The van der Waals surface area contributed by atoms with E-state index in [-0.39, 0.29) is 24.0 Å². The Bertz CT molecular complexity index is 367. The third-order valence-corrected chi connectivity index (χ3v) is 5.65. The number of rotatable bonds is 4. The summed E-state index contributed by atoms with van der Waals surface area (Å²) in [6, 6.07) is 1.52.